The Morgan fingerprint density at radius 3 is 2.53 bits per heavy atom. The molecular formula is C61H68F2N12O6. The summed E-state index contributed by atoms with van der Waals surface area (Å²) in [5.74, 6) is 0.318. The lowest BCUT2D eigenvalue weighted by molar-refractivity contribution is -0.134. The molecule has 3 aromatic carbocycles. The van der Waals surface area contributed by atoms with Crippen molar-refractivity contribution in [1.82, 2.24) is 51.2 Å². The number of terminal acetylenes is 1. The van der Waals surface area contributed by atoms with Crippen LogP contribution in [0.5, 0.6) is 11.8 Å². The van der Waals surface area contributed by atoms with Gasteiger partial charge in [-0.2, -0.15) is 15.1 Å². The number of Topliss-reactive ketones (excluding diaryl/α,β-unsaturated/α-hetero) is 1. The van der Waals surface area contributed by atoms with Gasteiger partial charge in [0.15, 0.2) is 17.4 Å². The highest BCUT2D eigenvalue weighted by atomic mass is 19.1. The number of nitrogens with zero attached hydrogens (tertiary/aromatic N) is 8. The van der Waals surface area contributed by atoms with Gasteiger partial charge in [-0.25, -0.2) is 8.78 Å². The summed E-state index contributed by atoms with van der Waals surface area (Å²) in [7, 11) is 1.89. The molecule has 0 aliphatic carbocycles. The number of phenols is 1. The molecule has 10 atom stereocenters. The zero-order valence-electron chi connectivity index (χ0n) is 45.9. The highest BCUT2D eigenvalue weighted by Gasteiger charge is 2.48. The topological polar surface area (TPSA) is 221 Å². The third-order valence-corrected chi connectivity index (χ3v) is 17.6. The van der Waals surface area contributed by atoms with Crippen molar-refractivity contribution >= 4 is 45.0 Å². The number of amides is 1. The Hall–Kier alpha value is -7.57. The minimum absolute atomic E-state index is 0.00279. The lowest BCUT2D eigenvalue weighted by Crippen LogP contribution is -2.51. The smallest absolute Gasteiger partial charge is 0.319 e. The molecule has 5 saturated heterocycles. The van der Waals surface area contributed by atoms with Crippen LogP contribution in [0.3, 0.4) is 0 Å². The molecule has 6 N–H and O–H groups in total. The second-order valence-electron chi connectivity index (χ2n) is 23.1. The molecule has 0 radical (unpaired) electrons. The quantitative estimate of drug-likeness (QED) is 0.0502. The van der Waals surface area contributed by atoms with E-state index >= 15 is 8.78 Å². The molecule has 7 aromatic rings. The first-order chi connectivity index (χ1) is 39.2. The van der Waals surface area contributed by atoms with Crippen molar-refractivity contribution < 1.29 is 37.8 Å². The number of nitrogens with one attached hydrogen (secondary N) is 4. The number of aromatic nitrogens is 6. The number of hydrogen-bond donors (Lipinski definition) is 6. The van der Waals surface area contributed by atoms with Crippen molar-refractivity contribution in [2.24, 2.45) is 24.8 Å². The van der Waals surface area contributed by atoms with Crippen molar-refractivity contribution in [3.63, 3.8) is 0 Å². The van der Waals surface area contributed by atoms with E-state index in [1.54, 1.807) is 10.9 Å². The average molecular weight is 1100 g/mol. The monoisotopic (exact) mass is 1100 g/mol. The molecular weight excluding hydrogens is 1030 g/mol. The number of aliphatic hydroxyl groups excluding tert-OH is 1. The lowest BCUT2D eigenvalue weighted by atomic mass is 9.79. The summed E-state index contributed by atoms with van der Waals surface area (Å²) >= 11 is 0. The van der Waals surface area contributed by atoms with Gasteiger partial charge in [0.25, 0.3) is 0 Å². The SMILES string of the molecule is C#Cc1c(F)ccc2cc(O)cc(-c3ncc4c(N5CC6CCC(C5)N6)nc(OCCC5CC(CC6CCN6c6cc(C(C(=O)C7C(O)CNC7C(=O)N[C@@H](C)c7ccc(-c8ccnn8C)cc7)C(C)C)on6)CCN5)nc4c3F)c12. The number of aromatic hydroxyl groups is 1. The number of aryl methyl sites for hydroxylation is 1. The normalized spacial score (nSPS) is 24.3. The number of phenolic OH excluding ortho intramolecular Hbond substituents is 1. The summed E-state index contributed by atoms with van der Waals surface area (Å²) in [6, 6.07) is 16.9. The van der Waals surface area contributed by atoms with Crippen molar-refractivity contribution in [1.29, 1.82) is 0 Å². The number of carbonyl (C=O) groups excluding carboxylic acids is 2. The number of anilines is 2. The summed E-state index contributed by atoms with van der Waals surface area (Å²) in [5.41, 5.74) is 2.82. The number of benzene rings is 3. The molecule has 18 nitrogen and oxygen atoms in total. The molecule has 4 aromatic heterocycles. The van der Waals surface area contributed by atoms with Gasteiger partial charge in [-0.3, -0.25) is 19.3 Å². The van der Waals surface area contributed by atoms with Crippen LogP contribution in [0.15, 0.2) is 77.6 Å². The Morgan fingerprint density at radius 1 is 1.00 bits per heavy atom. The second kappa shape index (κ2) is 22.4. The number of β-amino-alcohol motifs (C(OH)–C–C–N with tert-alkyl or cyclic N) is 1. The minimum Gasteiger partial charge on any atom is -0.508 e. The maximum atomic E-state index is 17.2. The average Bonchev–Trinajstić information content (AvgIpc) is 4.47. The molecule has 5 aliphatic heterocycles. The zero-order chi connectivity index (χ0) is 56.2. The third-order valence-electron chi connectivity index (χ3n) is 17.6. The number of fused-ring (bicyclic) bond motifs is 4. The molecule has 0 saturated carbocycles. The van der Waals surface area contributed by atoms with Crippen LogP contribution < -0.4 is 35.8 Å². The fourth-order valence-electron chi connectivity index (χ4n) is 13.3. The fourth-order valence-corrected chi connectivity index (χ4v) is 13.3. The first-order valence-corrected chi connectivity index (χ1v) is 28.4. The maximum Gasteiger partial charge on any atom is 0.319 e. The fraction of sp³-hybridized carbons (Fsp3) is 0.459. The number of hydrogen-bond acceptors (Lipinski definition) is 16. The van der Waals surface area contributed by atoms with E-state index in [2.05, 4.69) is 57.2 Å². The number of piperidine rings is 1. The first-order valence-electron chi connectivity index (χ1n) is 28.4. The van der Waals surface area contributed by atoms with Gasteiger partial charge < -0.3 is 50.5 Å². The van der Waals surface area contributed by atoms with Gasteiger partial charge in [-0.05, 0) is 111 Å². The molecule has 81 heavy (non-hydrogen) atoms. The number of halogens is 2. The molecule has 2 bridgehead atoms. The van der Waals surface area contributed by atoms with E-state index in [-0.39, 0.29) is 100 Å². The zero-order valence-corrected chi connectivity index (χ0v) is 45.9. The van der Waals surface area contributed by atoms with Crippen LogP contribution in [0.25, 0.3) is 44.2 Å². The largest absolute Gasteiger partial charge is 0.508 e. The Labute approximate surface area is 468 Å². The van der Waals surface area contributed by atoms with Crippen LogP contribution in [0.2, 0.25) is 0 Å². The van der Waals surface area contributed by atoms with E-state index in [0.29, 0.717) is 53.6 Å². The van der Waals surface area contributed by atoms with Crippen molar-refractivity contribution in [3.05, 3.63) is 102 Å². The highest BCUT2D eigenvalue weighted by molar-refractivity contribution is 6.03. The predicted molar refractivity (Wildman–Crippen MR) is 303 cm³/mol. The van der Waals surface area contributed by atoms with E-state index in [1.807, 2.05) is 64.2 Å². The number of aliphatic hydroxyl groups is 1. The van der Waals surface area contributed by atoms with Gasteiger partial charge in [0.1, 0.15) is 34.4 Å². The van der Waals surface area contributed by atoms with Crippen LogP contribution in [0.1, 0.15) is 94.6 Å². The minimum atomic E-state index is -1.06. The summed E-state index contributed by atoms with van der Waals surface area (Å²) < 4.78 is 46.4. The number of ketones is 1. The van der Waals surface area contributed by atoms with Crippen molar-refractivity contribution in [2.45, 2.75) is 114 Å². The molecule has 12 rings (SSSR count). The third kappa shape index (κ3) is 10.6. The second-order valence-corrected chi connectivity index (χ2v) is 23.1. The van der Waals surface area contributed by atoms with Gasteiger partial charge in [-0.15, -0.1) is 6.42 Å². The van der Waals surface area contributed by atoms with E-state index in [1.165, 1.54) is 30.5 Å². The van der Waals surface area contributed by atoms with E-state index in [9.17, 15) is 19.8 Å². The van der Waals surface area contributed by atoms with Crippen LogP contribution in [-0.2, 0) is 16.6 Å². The summed E-state index contributed by atoms with van der Waals surface area (Å²) in [4.78, 5) is 47.0. The highest BCUT2D eigenvalue weighted by Crippen LogP contribution is 2.41. The Morgan fingerprint density at radius 2 is 1.80 bits per heavy atom. The van der Waals surface area contributed by atoms with Gasteiger partial charge in [0.2, 0.25) is 5.91 Å². The van der Waals surface area contributed by atoms with Gasteiger partial charge in [-0.1, -0.05) is 55.3 Å². The molecule has 0 spiro atoms. The Kier molecular flexibility index (Phi) is 14.9. The molecule has 5 fully saturated rings. The number of pyridine rings is 1. The van der Waals surface area contributed by atoms with Gasteiger partial charge in [0.05, 0.1) is 53.3 Å². The summed E-state index contributed by atoms with van der Waals surface area (Å²) in [5, 5.41) is 45.3. The molecule has 9 heterocycles. The predicted octanol–water partition coefficient (Wildman–Crippen LogP) is 7.08. The molecule has 5 aliphatic rings. The van der Waals surface area contributed by atoms with Gasteiger partial charge in [0, 0.05) is 86.8 Å². The standard InChI is InChI=1S/C61H68F2N12O6/c1-6-43-46(62)14-11-37-25-42(76)26-44(52(37)43)55-54(63)56-45(28-65-55)59(74-30-39-12-13-40(31-74)69-39)71-61(70-56)80-22-18-38-23-34(15-19-64-38)24-41-17-21-75(41)50-27-49(81-72-50)51(32(2)3)58(78)53-48(77)29-66-57(53)60(79)68-33(4)35-7-9-36(10-8-35)47-16-20-67-73(47)5/h1,7-11,14,16,20,25-28,32-34,38-41,48,51,53,57,64,66,69,76-77H,12-13,15,17-19,21-24,29-31H2,2-5H3,(H,68,79)/t33-,34?,38?,39?,40?,41?,48?,51?,53?,57?/m0/s1. The summed E-state index contributed by atoms with van der Waals surface area (Å²) in [6.45, 7) is 9.14. The summed E-state index contributed by atoms with van der Waals surface area (Å²) in [6.07, 6.45) is 14.6. The van der Waals surface area contributed by atoms with Crippen LogP contribution in [0.4, 0.5) is 20.4 Å². The van der Waals surface area contributed by atoms with Crippen molar-refractivity contribution in [3.8, 4) is 46.6 Å². The number of piperazine rings is 1. The maximum absolute atomic E-state index is 17.2. The van der Waals surface area contributed by atoms with Gasteiger partial charge >= 0.3 is 6.01 Å². The van der Waals surface area contributed by atoms with E-state index < -0.39 is 35.6 Å². The lowest BCUT2D eigenvalue weighted by Gasteiger charge is -2.44. The van der Waals surface area contributed by atoms with Crippen molar-refractivity contribution in [2.75, 3.05) is 49.1 Å². The molecule has 422 valence electrons. The first kappa shape index (κ1) is 54.0. The van der Waals surface area contributed by atoms with Crippen LogP contribution in [0, 0.1) is 41.7 Å². The van der Waals surface area contributed by atoms with E-state index in [0.717, 1.165) is 68.4 Å². The van der Waals surface area contributed by atoms with E-state index in [4.69, 9.17) is 20.7 Å². The molecule has 1 amide bonds. The molecule has 20 heteroatoms. The Balaban J connectivity index is 0.694. The number of ether oxygens (including phenoxy) is 1. The number of rotatable bonds is 17. The Bertz CT molecular complexity index is 3540. The number of carbonyl (C=O) groups is 2. The van der Waals surface area contributed by atoms with Crippen LogP contribution in [-0.4, -0.2) is 127 Å². The molecule has 9 unspecified atom stereocenters. The van der Waals surface area contributed by atoms with Crippen LogP contribution >= 0.6 is 0 Å².